The molecule has 0 spiro atoms. The van der Waals surface area contributed by atoms with Crippen LogP contribution in [0.1, 0.15) is 33.6 Å². The molecule has 1 aliphatic heterocycles. The standard InChI is InChI=1S/C13H26N2O3/c1-13(2,3)18-12(16)15-8-5-6-11(10-15)14-7-9-17-4/h11,14H,5-10H2,1-4H3/t11-/m1/s1. The number of likely N-dealkylation sites (tertiary alicyclic amines) is 1. The number of carbonyl (C=O) groups is 1. The van der Waals surface area contributed by atoms with Gasteiger partial charge < -0.3 is 19.7 Å². The molecule has 1 fully saturated rings. The monoisotopic (exact) mass is 258 g/mol. The molecule has 0 saturated carbocycles. The number of carbonyl (C=O) groups excluding carboxylic acids is 1. The summed E-state index contributed by atoms with van der Waals surface area (Å²) in [5, 5.41) is 3.40. The average molecular weight is 258 g/mol. The highest BCUT2D eigenvalue weighted by Crippen LogP contribution is 2.15. The largest absolute Gasteiger partial charge is 0.444 e. The Morgan fingerprint density at radius 1 is 1.44 bits per heavy atom. The summed E-state index contributed by atoms with van der Waals surface area (Å²) >= 11 is 0. The van der Waals surface area contributed by atoms with E-state index in [1.165, 1.54) is 0 Å². The Labute approximate surface area is 110 Å². The lowest BCUT2D eigenvalue weighted by molar-refractivity contribution is 0.0185. The predicted molar refractivity (Wildman–Crippen MR) is 70.7 cm³/mol. The van der Waals surface area contributed by atoms with Crippen LogP contribution in [0.4, 0.5) is 4.79 Å². The Bertz CT molecular complexity index is 263. The van der Waals surface area contributed by atoms with Crippen molar-refractivity contribution in [3.8, 4) is 0 Å². The fourth-order valence-electron chi connectivity index (χ4n) is 2.00. The molecule has 1 aliphatic rings. The number of nitrogens with one attached hydrogen (secondary N) is 1. The molecular weight excluding hydrogens is 232 g/mol. The molecule has 0 aromatic heterocycles. The van der Waals surface area contributed by atoms with Crippen molar-refractivity contribution in [1.29, 1.82) is 0 Å². The maximum atomic E-state index is 11.9. The zero-order valence-corrected chi connectivity index (χ0v) is 12.0. The van der Waals surface area contributed by atoms with Crippen molar-refractivity contribution in [1.82, 2.24) is 10.2 Å². The molecule has 1 rings (SSSR count). The molecule has 1 heterocycles. The third-order valence-electron chi connectivity index (χ3n) is 2.81. The zero-order valence-electron chi connectivity index (χ0n) is 12.0. The molecule has 5 nitrogen and oxygen atoms in total. The number of hydrogen-bond acceptors (Lipinski definition) is 4. The molecule has 106 valence electrons. The number of hydrogen-bond donors (Lipinski definition) is 1. The van der Waals surface area contributed by atoms with Gasteiger partial charge in [0.15, 0.2) is 0 Å². The molecule has 1 atom stereocenters. The fraction of sp³-hybridized carbons (Fsp3) is 0.923. The van der Waals surface area contributed by atoms with Gasteiger partial charge in [0, 0.05) is 32.8 Å². The van der Waals surface area contributed by atoms with E-state index in [1.54, 1.807) is 12.0 Å². The second-order valence-electron chi connectivity index (χ2n) is 5.71. The van der Waals surface area contributed by atoms with Crippen molar-refractivity contribution < 1.29 is 14.3 Å². The second-order valence-corrected chi connectivity index (χ2v) is 5.71. The van der Waals surface area contributed by atoms with Gasteiger partial charge in [0.1, 0.15) is 5.60 Å². The Balaban J connectivity index is 2.36. The van der Waals surface area contributed by atoms with Gasteiger partial charge in [-0.15, -0.1) is 0 Å². The molecule has 1 N–H and O–H groups in total. The van der Waals surface area contributed by atoms with Crippen LogP contribution in [0, 0.1) is 0 Å². The summed E-state index contributed by atoms with van der Waals surface area (Å²) < 4.78 is 10.4. The van der Waals surface area contributed by atoms with E-state index in [9.17, 15) is 4.79 Å². The lowest BCUT2D eigenvalue weighted by Gasteiger charge is -2.34. The number of piperidine rings is 1. The summed E-state index contributed by atoms with van der Waals surface area (Å²) in [7, 11) is 1.69. The third kappa shape index (κ3) is 5.69. The van der Waals surface area contributed by atoms with Crippen LogP contribution in [0.2, 0.25) is 0 Å². The highest BCUT2D eigenvalue weighted by Gasteiger charge is 2.27. The highest BCUT2D eigenvalue weighted by atomic mass is 16.6. The average Bonchev–Trinajstić information content (AvgIpc) is 2.27. The predicted octanol–water partition coefficient (Wildman–Crippen LogP) is 1.62. The van der Waals surface area contributed by atoms with E-state index in [0.717, 1.165) is 32.5 Å². The summed E-state index contributed by atoms with van der Waals surface area (Å²) in [5.41, 5.74) is -0.423. The first-order valence-corrected chi connectivity index (χ1v) is 6.62. The maximum Gasteiger partial charge on any atom is 0.410 e. The van der Waals surface area contributed by atoms with Crippen LogP contribution in [-0.2, 0) is 9.47 Å². The van der Waals surface area contributed by atoms with Crippen LogP contribution in [0.3, 0.4) is 0 Å². The Kier molecular flexibility index (Phi) is 5.88. The van der Waals surface area contributed by atoms with Gasteiger partial charge in [0.05, 0.1) is 6.61 Å². The Hall–Kier alpha value is -0.810. The Morgan fingerprint density at radius 2 is 2.17 bits per heavy atom. The van der Waals surface area contributed by atoms with E-state index in [4.69, 9.17) is 9.47 Å². The second kappa shape index (κ2) is 6.95. The molecule has 0 aromatic rings. The van der Waals surface area contributed by atoms with Gasteiger partial charge in [-0.1, -0.05) is 0 Å². The van der Waals surface area contributed by atoms with Crippen LogP contribution >= 0.6 is 0 Å². The van der Waals surface area contributed by atoms with E-state index >= 15 is 0 Å². The minimum Gasteiger partial charge on any atom is -0.444 e. The van der Waals surface area contributed by atoms with E-state index in [-0.39, 0.29) is 6.09 Å². The SMILES string of the molecule is COCCN[C@@H]1CCCN(C(=O)OC(C)(C)C)C1. The van der Waals surface area contributed by atoms with E-state index in [2.05, 4.69) is 5.32 Å². The smallest absolute Gasteiger partial charge is 0.410 e. The normalized spacial score (nSPS) is 20.9. The number of methoxy groups -OCH3 is 1. The minimum absolute atomic E-state index is 0.208. The van der Waals surface area contributed by atoms with Gasteiger partial charge in [-0.3, -0.25) is 0 Å². The molecule has 0 radical (unpaired) electrons. The maximum absolute atomic E-state index is 11.9. The lowest BCUT2D eigenvalue weighted by Crippen LogP contribution is -2.49. The molecule has 0 unspecified atom stereocenters. The van der Waals surface area contributed by atoms with Crippen LogP contribution < -0.4 is 5.32 Å². The van der Waals surface area contributed by atoms with Gasteiger partial charge >= 0.3 is 6.09 Å². The minimum atomic E-state index is -0.423. The Morgan fingerprint density at radius 3 is 2.78 bits per heavy atom. The van der Waals surface area contributed by atoms with Crippen LogP contribution in [-0.4, -0.2) is 56.0 Å². The molecule has 18 heavy (non-hydrogen) atoms. The van der Waals surface area contributed by atoms with Gasteiger partial charge in [-0.25, -0.2) is 4.79 Å². The first-order valence-electron chi connectivity index (χ1n) is 6.62. The first kappa shape index (κ1) is 15.2. The highest BCUT2D eigenvalue weighted by molar-refractivity contribution is 5.68. The van der Waals surface area contributed by atoms with E-state index in [0.29, 0.717) is 12.6 Å². The summed E-state index contributed by atoms with van der Waals surface area (Å²) in [4.78, 5) is 13.7. The van der Waals surface area contributed by atoms with Crippen molar-refractivity contribution in [2.75, 3.05) is 33.4 Å². The summed E-state index contributed by atoms with van der Waals surface area (Å²) in [6, 6.07) is 0.349. The molecule has 0 bridgehead atoms. The third-order valence-corrected chi connectivity index (χ3v) is 2.81. The van der Waals surface area contributed by atoms with Crippen LogP contribution in [0.5, 0.6) is 0 Å². The van der Waals surface area contributed by atoms with Crippen molar-refractivity contribution in [3.05, 3.63) is 0 Å². The van der Waals surface area contributed by atoms with Gasteiger partial charge in [0.25, 0.3) is 0 Å². The van der Waals surface area contributed by atoms with Gasteiger partial charge in [-0.2, -0.15) is 0 Å². The molecule has 0 aliphatic carbocycles. The summed E-state index contributed by atoms with van der Waals surface area (Å²) in [6.45, 7) is 8.71. The van der Waals surface area contributed by atoms with Crippen LogP contribution in [0.25, 0.3) is 0 Å². The van der Waals surface area contributed by atoms with Crippen LogP contribution in [0.15, 0.2) is 0 Å². The van der Waals surface area contributed by atoms with Crippen molar-refractivity contribution in [2.45, 2.75) is 45.3 Å². The van der Waals surface area contributed by atoms with E-state index < -0.39 is 5.60 Å². The molecule has 1 amide bonds. The van der Waals surface area contributed by atoms with Crippen molar-refractivity contribution in [3.63, 3.8) is 0 Å². The first-order chi connectivity index (χ1) is 8.42. The van der Waals surface area contributed by atoms with Gasteiger partial charge in [-0.05, 0) is 33.6 Å². The number of rotatable bonds is 4. The number of ether oxygens (including phenoxy) is 2. The molecule has 1 saturated heterocycles. The van der Waals surface area contributed by atoms with Crippen molar-refractivity contribution >= 4 is 6.09 Å². The summed E-state index contributed by atoms with van der Waals surface area (Å²) in [5.74, 6) is 0. The van der Waals surface area contributed by atoms with Gasteiger partial charge in [0.2, 0.25) is 0 Å². The zero-order chi connectivity index (χ0) is 13.6. The number of nitrogens with zero attached hydrogens (tertiary/aromatic N) is 1. The fourth-order valence-corrected chi connectivity index (χ4v) is 2.00. The summed E-state index contributed by atoms with van der Waals surface area (Å²) in [6.07, 6.45) is 1.91. The molecular formula is C13H26N2O3. The quantitative estimate of drug-likeness (QED) is 0.779. The number of amides is 1. The van der Waals surface area contributed by atoms with Crippen molar-refractivity contribution in [2.24, 2.45) is 0 Å². The molecule has 0 aromatic carbocycles. The lowest BCUT2D eigenvalue weighted by atomic mass is 10.1. The molecule has 5 heteroatoms. The van der Waals surface area contributed by atoms with E-state index in [1.807, 2.05) is 20.8 Å². The topological polar surface area (TPSA) is 50.8 Å².